The highest BCUT2D eigenvalue weighted by Crippen LogP contribution is 2.26. The van der Waals surface area contributed by atoms with Crippen LogP contribution in [0.1, 0.15) is 42.3 Å². The Hall–Kier alpha value is -1.55. The Morgan fingerprint density at radius 3 is 2.72 bits per heavy atom. The van der Waals surface area contributed by atoms with Crippen molar-refractivity contribution in [2.75, 3.05) is 6.54 Å². The Balaban J connectivity index is 2.37. The van der Waals surface area contributed by atoms with Crippen molar-refractivity contribution in [3.8, 4) is 0 Å². The minimum atomic E-state index is 0.0994. The van der Waals surface area contributed by atoms with E-state index in [0.29, 0.717) is 0 Å². The lowest BCUT2D eigenvalue weighted by Crippen LogP contribution is -2.26. The highest BCUT2D eigenvalue weighted by molar-refractivity contribution is 5.29. The van der Waals surface area contributed by atoms with Gasteiger partial charge in [-0.05, 0) is 32.9 Å². The van der Waals surface area contributed by atoms with E-state index >= 15 is 0 Å². The number of nitrogens with one attached hydrogen (secondary N) is 1. The first kappa shape index (κ1) is 12.9. The zero-order valence-electron chi connectivity index (χ0n) is 11.5. The first-order valence-electron chi connectivity index (χ1n) is 6.41. The molecule has 2 heterocycles. The predicted molar refractivity (Wildman–Crippen MR) is 71.5 cm³/mol. The van der Waals surface area contributed by atoms with Gasteiger partial charge in [0.1, 0.15) is 17.3 Å². The smallest absolute Gasteiger partial charge is 0.130 e. The van der Waals surface area contributed by atoms with Gasteiger partial charge in [-0.2, -0.15) is 0 Å². The van der Waals surface area contributed by atoms with Crippen LogP contribution in [0.25, 0.3) is 0 Å². The minimum Gasteiger partial charge on any atom is -0.466 e. The predicted octanol–water partition coefficient (Wildman–Crippen LogP) is 2.72. The van der Waals surface area contributed by atoms with Crippen LogP contribution in [0.2, 0.25) is 0 Å². The number of imidazole rings is 1. The maximum atomic E-state index is 5.64. The third kappa shape index (κ3) is 2.48. The van der Waals surface area contributed by atoms with E-state index in [4.69, 9.17) is 4.42 Å². The summed E-state index contributed by atoms with van der Waals surface area (Å²) in [5, 5.41) is 3.54. The number of hydrogen-bond acceptors (Lipinski definition) is 3. The van der Waals surface area contributed by atoms with E-state index in [1.165, 1.54) is 5.56 Å². The van der Waals surface area contributed by atoms with E-state index in [-0.39, 0.29) is 6.04 Å². The summed E-state index contributed by atoms with van der Waals surface area (Å²) in [6.45, 7) is 7.11. The van der Waals surface area contributed by atoms with Crippen molar-refractivity contribution in [3.63, 3.8) is 0 Å². The fourth-order valence-electron chi connectivity index (χ4n) is 2.22. The molecule has 1 unspecified atom stereocenters. The molecule has 2 rings (SSSR count). The maximum Gasteiger partial charge on any atom is 0.130 e. The second-order valence-corrected chi connectivity index (χ2v) is 4.65. The molecule has 0 bridgehead atoms. The van der Waals surface area contributed by atoms with Crippen molar-refractivity contribution in [3.05, 3.63) is 41.4 Å². The number of aromatic nitrogens is 2. The SMILES string of the molecule is CCCNC(c1cc(C)oc1C)c1nccn1C. The van der Waals surface area contributed by atoms with Gasteiger partial charge in [0.05, 0.1) is 6.04 Å². The minimum absolute atomic E-state index is 0.0994. The van der Waals surface area contributed by atoms with Crippen LogP contribution < -0.4 is 5.32 Å². The van der Waals surface area contributed by atoms with E-state index < -0.39 is 0 Å². The molecule has 4 heteroatoms. The van der Waals surface area contributed by atoms with Crippen LogP contribution in [-0.2, 0) is 7.05 Å². The maximum absolute atomic E-state index is 5.64. The number of rotatable bonds is 5. The van der Waals surface area contributed by atoms with E-state index in [1.54, 1.807) is 0 Å². The molecule has 0 aromatic carbocycles. The molecule has 0 spiro atoms. The molecule has 98 valence electrons. The van der Waals surface area contributed by atoms with Gasteiger partial charge in [-0.25, -0.2) is 4.98 Å². The van der Waals surface area contributed by atoms with Crippen molar-refractivity contribution in [2.45, 2.75) is 33.2 Å². The Morgan fingerprint density at radius 2 is 2.22 bits per heavy atom. The number of furan rings is 1. The summed E-state index contributed by atoms with van der Waals surface area (Å²) in [6.07, 6.45) is 4.90. The fraction of sp³-hybridized carbons (Fsp3) is 0.500. The Bertz CT molecular complexity index is 513. The Labute approximate surface area is 108 Å². The summed E-state index contributed by atoms with van der Waals surface area (Å²) in [5.74, 6) is 2.93. The van der Waals surface area contributed by atoms with Crippen LogP contribution >= 0.6 is 0 Å². The number of hydrogen-bond donors (Lipinski definition) is 1. The molecule has 0 radical (unpaired) electrons. The van der Waals surface area contributed by atoms with Crippen molar-refractivity contribution >= 4 is 0 Å². The van der Waals surface area contributed by atoms with Gasteiger partial charge in [0.15, 0.2) is 0 Å². The highest BCUT2D eigenvalue weighted by Gasteiger charge is 2.21. The van der Waals surface area contributed by atoms with Crippen molar-refractivity contribution in [1.29, 1.82) is 0 Å². The molecule has 1 atom stereocenters. The molecule has 0 saturated carbocycles. The van der Waals surface area contributed by atoms with Gasteiger partial charge >= 0.3 is 0 Å². The first-order valence-corrected chi connectivity index (χ1v) is 6.41. The van der Waals surface area contributed by atoms with Gasteiger partial charge in [-0.15, -0.1) is 0 Å². The monoisotopic (exact) mass is 247 g/mol. The largest absolute Gasteiger partial charge is 0.466 e. The summed E-state index contributed by atoms with van der Waals surface area (Å²) in [5.41, 5.74) is 1.18. The van der Waals surface area contributed by atoms with Crippen LogP contribution in [-0.4, -0.2) is 16.1 Å². The molecule has 0 aliphatic heterocycles. The highest BCUT2D eigenvalue weighted by atomic mass is 16.3. The van der Waals surface area contributed by atoms with Gasteiger partial charge in [0, 0.05) is 25.0 Å². The van der Waals surface area contributed by atoms with Gasteiger partial charge < -0.3 is 14.3 Å². The van der Waals surface area contributed by atoms with E-state index in [1.807, 2.05) is 33.3 Å². The zero-order chi connectivity index (χ0) is 13.1. The first-order chi connectivity index (χ1) is 8.63. The number of aryl methyl sites for hydroxylation is 3. The van der Waals surface area contributed by atoms with Gasteiger partial charge in [-0.3, -0.25) is 0 Å². The molecule has 0 saturated heterocycles. The van der Waals surface area contributed by atoms with Crippen LogP contribution in [0.5, 0.6) is 0 Å². The molecule has 0 aliphatic rings. The summed E-state index contributed by atoms with van der Waals surface area (Å²) in [4.78, 5) is 4.45. The van der Waals surface area contributed by atoms with Crippen LogP contribution in [0, 0.1) is 13.8 Å². The molecule has 1 N–H and O–H groups in total. The summed E-state index contributed by atoms with van der Waals surface area (Å²) >= 11 is 0. The Kier molecular flexibility index (Phi) is 3.87. The molecule has 2 aromatic heterocycles. The van der Waals surface area contributed by atoms with Gasteiger partial charge in [0.2, 0.25) is 0 Å². The van der Waals surface area contributed by atoms with E-state index in [2.05, 4.69) is 27.9 Å². The lowest BCUT2D eigenvalue weighted by molar-refractivity contribution is 0.488. The van der Waals surface area contributed by atoms with Crippen LogP contribution in [0.15, 0.2) is 22.9 Å². The topological polar surface area (TPSA) is 43.0 Å². The molecule has 4 nitrogen and oxygen atoms in total. The molecule has 0 aliphatic carbocycles. The quantitative estimate of drug-likeness (QED) is 0.883. The van der Waals surface area contributed by atoms with E-state index in [0.717, 1.165) is 30.3 Å². The third-order valence-electron chi connectivity index (χ3n) is 3.11. The third-order valence-corrected chi connectivity index (χ3v) is 3.11. The van der Waals surface area contributed by atoms with Gasteiger partial charge in [0.25, 0.3) is 0 Å². The standard InChI is InChI=1S/C14H21N3O/c1-5-6-15-13(14-16-7-8-17(14)4)12-9-10(2)18-11(12)3/h7-9,13,15H,5-6H2,1-4H3. The second kappa shape index (κ2) is 5.40. The molecule has 0 amide bonds. The normalized spacial score (nSPS) is 12.9. The summed E-state index contributed by atoms with van der Waals surface area (Å²) < 4.78 is 7.69. The van der Waals surface area contributed by atoms with Crippen LogP contribution in [0.4, 0.5) is 0 Å². The average Bonchev–Trinajstić information content (AvgIpc) is 2.87. The van der Waals surface area contributed by atoms with Crippen molar-refractivity contribution in [2.24, 2.45) is 7.05 Å². The lowest BCUT2D eigenvalue weighted by Gasteiger charge is -2.17. The molecule has 0 fully saturated rings. The molecule has 18 heavy (non-hydrogen) atoms. The Morgan fingerprint density at radius 1 is 1.44 bits per heavy atom. The zero-order valence-corrected chi connectivity index (χ0v) is 11.5. The average molecular weight is 247 g/mol. The molecule has 2 aromatic rings. The summed E-state index contributed by atoms with van der Waals surface area (Å²) in [6, 6.07) is 2.19. The number of nitrogens with zero attached hydrogens (tertiary/aromatic N) is 2. The van der Waals surface area contributed by atoms with Crippen molar-refractivity contribution in [1.82, 2.24) is 14.9 Å². The molecular formula is C14H21N3O. The second-order valence-electron chi connectivity index (χ2n) is 4.65. The van der Waals surface area contributed by atoms with Gasteiger partial charge in [-0.1, -0.05) is 6.92 Å². The van der Waals surface area contributed by atoms with Crippen molar-refractivity contribution < 1.29 is 4.42 Å². The summed E-state index contributed by atoms with van der Waals surface area (Å²) in [7, 11) is 2.02. The van der Waals surface area contributed by atoms with E-state index in [9.17, 15) is 0 Å². The lowest BCUT2D eigenvalue weighted by atomic mass is 10.1. The molecular weight excluding hydrogens is 226 g/mol. The fourth-order valence-corrected chi connectivity index (χ4v) is 2.22. The van der Waals surface area contributed by atoms with Crippen LogP contribution in [0.3, 0.4) is 0 Å².